The minimum absolute atomic E-state index is 0.194. The number of hydrogen-bond donors (Lipinski definition) is 0. The highest BCUT2D eigenvalue weighted by Gasteiger charge is 2.30. The number of methoxy groups -OCH3 is 1. The van der Waals surface area contributed by atoms with Gasteiger partial charge in [-0.25, -0.2) is 0 Å². The van der Waals surface area contributed by atoms with E-state index in [1.165, 1.54) is 5.56 Å². The van der Waals surface area contributed by atoms with E-state index in [-0.39, 0.29) is 17.1 Å². The van der Waals surface area contributed by atoms with Crippen molar-refractivity contribution in [1.29, 1.82) is 0 Å². The van der Waals surface area contributed by atoms with Crippen LogP contribution in [0.25, 0.3) is 10.8 Å². The molecule has 0 N–H and O–H groups in total. The van der Waals surface area contributed by atoms with Crippen molar-refractivity contribution >= 4 is 10.8 Å². The number of benzene rings is 3. The molecule has 3 aromatic carbocycles. The number of hydrogen-bond acceptors (Lipinski definition) is 4. The van der Waals surface area contributed by atoms with E-state index >= 15 is 0 Å². The first kappa shape index (κ1) is 26.9. The van der Waals surface area contributed by atoms with Gasteiger partial charge in [-0.3, -0.25) is 0 Å². The smallest absolute Gasteiger partial charge is 0.197 e. The van der Waals surface area contributed by atoms with Crippen LogP contribution < -0.4 is 14.2 Å². The van der Waals surface area contributed by atoms with E-state index in [1.54, 1.807) is 7.11 Å². The van der Waals surface area contributed by atoms with Crippen LogP contribution in [0.3, 0.4) is 0 Å². The molecule has 0 radical (unpaired) electrons. The predicted molar refractivity (Wildman–Crippen MR) is 145 cm³/mol. The molecule has 4 nitrogen and oxygen atoms in total. The van der Waals surface area contributed by atoms with E-state index in [4.69, 9.17) is 18.9 Å². The van der Waals surface area contributed by atoms with Gasteiger partial charge in [-0.1, -0.05) is 84.0 Å². The van der Waals surface area contributed by atoms with Crippen LogP contribution in [0.2, 0.25) is 0 Å². The SMILES string of the molecule is COc1c(OCCOC(C)Oc2ccc(C(CC(C)(C)C)C(C)(C)C)cc2)ccc2ccccc12. The molecule has 0 spiro atoms. The number of ether oxygens (including phenoxy) is 4. The van der Waals surface area contributed by atoms with E-state index < -0.39 is 0 Å². The highest BCUT2D eigenvalue weighted by atomic mass is 16.7. The third-order valence-electron chi connectivity index (χ3n) is 6.19. The minimum atomic E-state index is -0.379. The summed E-state index contributed by atoms with van der Waals surface area (Å²) in [6, 6.07) is 20.6. The summed E-state index contributed by atoms with van der Waals surface area (Å²) in [5, 5.41) is 2.15. The summed E-state index contributed by atoms with van der Waals surface area (Å²) < 4.78 is 23.4. The average Bonchev–Trinajstić information content (AvgIpc) is 2.79. The first-order valence-corrected chi connectivity index (χ1v) is 12.5. The molecule has 0 aliphatic heterocycles. The Morgan fingerprint density at radius 3 is 2.11 bits per heavy atom. The van der Waals surface area contributed by atoms with Gasteiger partial charge in [0.2, 0.25) is 0 Å². The average molecular weight is 479 g/mol. The van der Waals surface area contributed by atoms with Crippen molar-refractivity contribution in [2.45, 2.75) is 67.1 Å². The molecule has 0 aromatic heterocycles. The van der Waals surface area contributed by atoms with Crippen molar-refractivity contribution in [2.75, 3.05) is 20.3 Å². The van der Waals surface area contributed by atoms with Crippen LogP contribution in [0.5, 0.6) is 17.2 Å². The van der Waals surface area contributed by atoms with Gasteiger partial charge in [0.25, 0.3) is 0 Å². The van der Waals surface area contributed by atoms with E-state index in [2.05, 4.69) is 59.7 Å². The molecule has 0 saturated heterocycles. The lowest BCUT2D eigenvalue weighted by atomic mass is 9.69. The van der Waals surface area contributed by atoms with E-state index in [9.17, 15) is 0 Å². The van der Waals surface area contributed by atoms with Crippen molar-refractivity contribution in [1.82, 2.24) is 0 Å². The maximum atomic E-state index is 5.99. The Bertz CT molecular complexity index is 1070. The molecule has 35 heavy (non-hydrogen) atoms. The summed E-state index contributed by atoms with van der Waals surface area (Å²) in [7, 11) is 1.67. The monoisotopic (exact) mass is 478 g/mol. The standard InChI is InChI=1S/C31H42O4/c1-22(33-19-20-34-28-18-15-23-11-9-10-12-26(23)29(28)32-8)35-25-16-13-24(14-17-25)27(31(5,6)7)21-30(2,3)4/h9-18,22,27H,19-21H2,1-8H3. The van der Waals surface area contributed by atoms with Crippen LogP contribution >= 0.6 is 0 Å². The zero-order chi connectivity index (χ0) is 25.6. The molecular formula is C31H42O4. The van der Waals surface area contributed by atoms with Crippen LogP contribution in [-0.4, -0.2) is 26.6 Å². The van der Waals surface area contributed by atoms with Crippen LogP contribution in [0.4, 0.5) is 0 Å². The fraction of sp³-hybridized carbons (Fsp3) is 0.484. The molecule has 2 unspecified atom stereocenters. The zero-order valence-corrected chi connectivity index (χ0v) is 22.7. The summed E-state index contributed by atoms with van der Waals surface area (Å²) in [5.41, 5.74) is 1.82. The van der Waals surface area contributed by atoms with Gasteiger partial charge in [0.1, 0.15) is 12.4 Å². The molecule has 0 fully saturated rings. The van der Waals surface area contributed by atoms with Crippen LogP contribution in [0.1, 0.15) is 66.4 Å². The quantitative estimate of drug-likeness (QED) is 0.217. The Labute approximate surface area is 211 Å². The summed E-state index contributed by atoms with van der Waals surface area (Å²) in [4.78, 5) is 0. The fourth-order valence-corrected chi connectivity index (χ4v) is 4.45. The molecule has 0 aliphatic carbocycles. The second-order valence-corrected chi connectivity index (χ2v) is 11.5. The maximum absolute atomic E-state index is 5.99. The Morgan fingerprint density at radius 1 is 0.800 bits per heavy atom. The molecule has 0 aliphatic rings. The van der Waals surface area contributed by atoms with E-state index in [1.807, 2.05) is 49.4 Å². The van der Waals surface area contributed by atoms with Crippen molar-refractivity contribution < 1.29 is 18.9 Å². The van der Waals surface area contributed by atoms with Gasteiger partial charge in [0, 0.05) is 5.39 Å². The third kappa shape index (κ3) is 7.63. The lowest BCUT2D eigenvalue weighted by molar-refractivity contribution is -0.0740. The van der Waals surface area contributed by atoms with Gasteiger partial charge < -0.3 is 18.9 Å². The van der Waals surface area contributed by atoms with Crippen molar-refractivity contribution in [3.05, 3.63) is 66.2 Å². The molecule has 4 heteroatoms. The number of rotatable bonds is 10. The summed E-state index contributed by atoms with van der Waals surface area (Å²) in [5.74, 6) is 2.74. The third-order valence-corrected chi connectivity index (χ3v) is 6.19. The molecule has 3 aromatic rings. The molecule has 190 valence electrons. The molecule has 0 saturated carbocycles. The fourth-order valence-electron chi connectivity index (χ4n) is 4.45. The topological polar surface area (TPSA) is 36.9 Å². The van der Waals surface area contributed by atoms with Gasteiger partial charge in [0.05, 0.1) is 13.7 Å². The molecule has 0 heterocycles. The summed E-state index contributed by atoms with van der Waals surface area (Å²) >= 11 is 0. The lowest BCUT2D eigenvalue weighted by Gasteiger charge is -2.36. The van der Waals surface area contributed by atoms with Crippen molar-refractivity contribution in [2.24, 2.45) is 10.8 Å². The largest absolute Gasteiger partial charge is 0.492 e. The van der Waals surface area contributed by atoms with E-state index in [0.717, 1.165) is 28.7 Å². The van der Waals surface area contributed by atoms with Gasteiger partial charge in [-0.05, 0) is 59.2 Å². The Kier molecular flexibility index (Phi) is 8.71. The predicted octanol–water partition coefficient (Wildman–Crippen LogP) is 8.23. The second-order valence-electron chi connectivity index (χ2n) is 11.5. The second kappa shape index (κ2) is 11.3. The normalized spacial score (nSPS) is 13.9. The first-order chi connectivity index (χ1) is 16.5. The van der Waals surface area contributed by atoms with Crippen LogP contribution in [-0.2, 0) is 4.74 Å². The maximum Gasteiger partial charge on any atom is 0.197 e. The molecule has 3 rings (SSSR count). The molecule has 0 bridgehead atoms. The van der Waals surface area contributed by atoms with E-state index in [0.29, 0.717) is 24.9 Å². The van der Waals surface area contributed by atoms with Crippen molar-refractivity contribution in [3.63, 3.8) is 0 Å². The van der Waals surface area contributed by atoms with Crippen LogP contribution in [0.15, 0.2) is 60.7 Å². The number of fused-ring (bicyclic) bond motifs is 1. The van der Waals surface area contributed by atoms with Gasteiger partial charge in [0.15, 0.2) is 17.8 Å². The van der Waals surface area contributed by atoms with Crippen LogP contribution in [0, 0.1) is 10.8 Å². The van der Waals surface area contributed by atoms with Gasteiger partial charge in [-0.2, -0.15) is 0 Å². The summed E-state index contributed by atoms with van der Waals surface area (Å²) in [6.45, 7) is 16.6. The van der Waals surface area contributed by atoms with Gasteiger partial charge in [-0.15, -0.1) is 0 Å². The first-order valence-electron chi connectivity index (χ1n) is 12.5. The van der Waals surface area contributed by atoms with Gasteiger partial charge >= 0.3 is 0 Å². The molecule has 0 amide bonds. The Balaban J connectivity index is 1.52. The Hall–Kier alpha value is -2.72. The van der Waals surface area contributed by atoms with Crippen molar-refractivity contribution in [3.8, 4) is 17.2 Å². The highest BCUT2D eigenvalue weighted by Crippen LogP contribution is 2.43. The minimum Gasteiger partial charge on any atom is -0.492 e. The lowest BCUT2D eigenvalue weighted by Crippen LogP contribution is -2.24. The summed E-state index contributed by atoms with van der Waals surface area (Å²) in [6.07, 6.45) is 0.758. The highest BCUT2D eigenvalue weighted by molar-refractivity contribution is 5.90. The zero-order valence-electron chi connectivity index (χ0n) is 22.7. The molecular weight excluding hydrogens is 436 g/mol. The Morgan fingerprint density at radius 2 is 1.49 bits per heavy atom. The molecule has 2 atom stereocenters.